The van der Waals surface area contributed by atoms with Crippen molar-refractivity contribution < 1.29 is 17.9 Å². The molecule has 0 bridgehead atoms. The first kappa shape index (κ1) is 28.8. The molecule has 0 radical (unpaired) electrons. The van der Waals surface area contributed by atoms with Crippen molar-refractivity contribution in [3.8, 4) is 11.5 Å². The van der Waals surface area contributed by atoms with E-state index in [9.17, 15) is 13.2 Å². The van der Waals surface area contributed by atoms with E-state index in [1.165, 1.54) is 5.56 Å². The number of ether oxygens (including phenoxy) is 1. The van der Waals surface area contributed by atoms with Crippen molar-refractivity contribution in [2.75, 3.05) is 30.6 Å². The van der Waals surface area contributed by atoms with Gasteiger partial charge in [0, 0.05) is 43.4 Å². The lowest BCUT2D eigenvalue weighted by Crippen LogP contribution is -2.54. The quantitative estimate of drug-likeness (QED) is 0.428. The van der Waals surface area contributed by atoms with Crippen LogP contribution in [0.1, 0.15) is 58.9 Å². The van der Waals surface area contributed by atoms with Crippen molar-refractivity contribution in [3.63, 3.8) is 0 Å². The summed E-state index contributed by atoms with van der Waals surface area (Å²) in [5.74, 6) is 1.36. The Morgan fingerprint density at radius 3 is 2.11 bits per heavy atom. The maximum Gasteiger partial charge on any atom is 0.318 e. The minimum Gasteiger partial charge on any atom is -0.457 e. The number of likely N-dealkylation sites (tertiary alicyclic amines) is 1. The average Bonchev–Trinajstić information content (AvgIpc) is 2.81. The fourth-order valence-corrected chi connectivity index (χ4v) is 4.97. The Hall–Kier alpha value is -2.78. The second-order valence-corrected chi connectivity index (χ2v) is 12.6. The number of urea groups is 1. The van der Waals surface area contributed by atoms with Gasteiger partial charge in [-0.2, -0.15) is 0 Å². The van der Waals surface area contributed by atoms with Gasteiger partial charge < -0.3 is 15.0 Å². The van der Waals surface area contributed by atoms with Crippen LogP contribution in [-0.2, 0) is 16.6 Å². The van der Waals surface area contributed by atoms with Gasteiger partial charge in [-0.15, -0.1) is 0 Å². The molecular weight excluding hydrogens is 488 g/mol. The van der Waals surface area contributed by atoms with Gasteiger partial charge in [0.15, 0.2) is 0 Å². The molecule has 0 saturated carbocycles. The summed E-state index contributed by atoms with van der Waals surface area (Å²) >= 11 is 0. The van der Waals surface area contributed by atoms with Gasteiger partial charge in [-0.1, -0.05) is 25.5 Å². The molecule has 1 fully saturated rings. The average molecular weight is 531 g/mol. The molecule has 1 aliphatic rings. The zero-order valence-corrected chi connectivity index (χ0v) is 23.6. The maximum absolute atomic E-state index is 12.9. The predicted octanol–water partition coefficient (Wildman–Crippen LogP) is 5.43. The van der Waals surface area contributed by atoms with Crippen LogP contribution in [0.4, 0.5) is 10.5 Å². The molecule has 9 heteroatoms. The van der Waals surface area contributed by atoms with E-state index in [4.69, 9.17) is 4.74 Å². The van der Waals surface area contributed by atoms with Gasteiger partial charge in [-0.05, 0) is 82.0 Å². The van der Waals surface area contributed by atoms with Crippen molar-refractivity contribution >= 4 is 21.7 Å². The first-order valence-electron chi connectivity index (χ1n) is 13.1. The summed E-state index contributed by atoms with van der Waals surface area (Å²) < 4.78 is 31.0. The topological polar surface area (TPSA) is 91.0 Å². The first-order chi connectivity index (χ1) is 17.4. The van der Waals surface area contributed by atoms with Crippen LogP contribution in [-0.4, -0.2) is 61.7 Å². The van der Waals surface area contributed by atoms with E-state index in [2.05, 4.69) is 54.8 Å². The van der Waals surface area contributed by atoms with Gasteiger partial charge in [0.05, 0.1) is 6.26 Å². The highest BCUT2D eigenvalue weighted by Gasteiger charge is 2.28. The van der Waals surface area contributed by atoms with E-state index in [0.29, 0.717) is 11.4 Å². The molecule has 0 atom stereocenters. The summed E-state index contributed by atoms with van der Waals surface area (Å²) in [5, 5.41) is 3.27. The first-order valence-corrected chi connectivity index (χ1v) is 15.0. The number of unbranched alkanes of at least 4 members (excludes halogenated alkanes) is 1. The third kappa shape index (κ3) is 9.55. The number of hydrogen-bond acceptors (Lipinski definition) is 5. The number of carbonyl (C=O) groups excluding carboxylic acids is 1. The highest BCUT2D eigenvalue weighted by molar-refractivity contribution is 7.92. The van der Waals surface area contributed by atoms with E-state index < -0.39 is 10.0 Å². The number of piperidine rings is 1. The minimum absolute atomic E-state index is 0.0521. The zero-order chi connectivity index (χ0) is 27.1. The summed E-state index contributed by atoms with van der Waals surface area (Å²) in [6.07, 6.45) is 5.10. The maximum atomic E-state index is 12.9. The molecule has 2 N–H and O–H groups in total. The van der Waals surface area contributed by atoms with Crippen LogP contribution in [0.2, 0.25) is 0 Å². The van der Waals surface area contributed by atoms with E-state index in [0.717, 1.165) is 63.9 Å². The Bertz CT molecular complexity index is 1100. The Morgan fingerprint density at radius 1 is 1.03 bits per heavy atom. The fourth-order valence-electron chi connectivity index (χ4n) is 4.41. The van der Waals surface area contributed by atoms with Gasteiger partial charge in [0.2, 0.25) is 10.0 Å². The van der Waals surface area contributed by atoms with E-state index in [1.54, 1.807) is 24.3 Å². The molecule has 0 aliphatic carbocycles. The summed E-state index contributed by atoms with van der Waals surface area (Å²) in [7, 11) is -3.30. The summed E-state index contributed by atoms with van der Waals surface area (Å²) in [5.41, 5.74) is 1.52. The molecule has 0 unspecified atom stereocenters. The summed E-state index contributed by atoms with van der Waals surface area (Å²) in [4.78, 5) is 17.3. The highest BCUT2D eigenvalue weighted by atomic mass is 32.2. The van der Waals surface area contributed by atoms with Crippen molar-refractivity contribution in [2.24, 2.45) is 0 Å². The van der Waals surface area contributed by atoms with Gasteiger partial charge in [-0.3, -0.25) is 9.62 Å². The highest BCUT2D eigenvalue weighted by Crippen LogP contribution is 2.24. The van der Waals surface area contributed by atoms with Gasteiger partial charge in [0.1, 0.15) is 11.5 Å². The number of rotatable bonds is 10. The van der Waals surface area contributed by atoms with Crippen LogP contribution in [0, 0.1) is 0 Å². The molecule has 0 spiro atoms. The van der Waals surface area contributed by atoms with Gasteiger partial charge >= 0.3 is 6.03 Å². The lowest BCUT2D eigenvalue weighted by Gasteiger charge is -2.38. The molecule has 0 aromatic heterocycles. The lowest BCUT2D eigenvalue weighted by atomic mass is 10.0. The smallest absolute Gasteiger partial charge is 0.318 e. The van der Waals surface area contributed by atoms with E-state index in [1.807, 2.05) is 17.0 Å². The van der Waals surface area contributed by atoms with Crippen LogP contribution >= 0.6 is 0 Å². The van der Waals surface area contributed by atoms with Crippen molar-refractivity contribution in [1.82, 2.24) is 15.1 Å². The number of hydrogen-bond donors (Lipinski definition) is 2. The summed E-state index contributed by atoms with van der Waals surface area (Å²) in [6, 6.07) is 15.1. The molecule has 37 heavy (non-hydrogen) atoms. The third-order valence-corrected chi connectivity index (χ3v) is 7.03. The molecule has 2 amide bonds. The van der Waals surface area contributed by atoms with Gasteiger partial charge in [-0.25, -0.2) is 13.2 Å². The molecule has 3 rings (SSSR count). The number of benzene rings is 2. The van der Waals surface area contributed by atoms with Crippen molar-refractivity contribution in [2.45, 2.75) is 71.5 Å². The molecule has 1 aliphatic heterocycles. The molecule has 8 nitrogen and oxygen atoms in total. The monoisotopic (exact) mass is 530 g/mol. The molecular formula is C28H42N4O4S. The number of sulfonamides is 1. The fraction of sp³-hybridized carbons (Fsp3) is 0.536. The molecule has 2 aromatic rings. The number of carbonyl (C=O) groups is 1. The number of amides is 2. The Morgan fingerprint density at radius 2 is 1.59 bits per heavy atom. The second-order valence-electron chi connectivity index (χ2n) is 10.8. The second kappa shape index (κ2) is 12.6. The standard InChI is InChI=1S/C28H42N4O4S/c1-6-7-18-32(28(2,3)4)27(33)29-23-16-19-31(20-17-23)21-22-8-12-25(13-9-22)36-26-14-10-24(11-15-26)30-37(5,34)35/h8-15,23,30H,6-7,16-21H2,1-5H3,(H,29,33). The zero-order valence-electron chi connectivity index (χ0n) is 22.8. The van der Waals surface area contributed by atoms with Crippen LogP contribution in [0.3, 0.4) is 0 Å². The largest absolute Gasteiger partial charge is 0.457 e. The lowest BCUT2D eigenvalue weighted by molar-refractivity contribution is 0.131. The SMILES string of the molecule is CCCCN(C(=O)NC1CCN(Cc2ccc(Oc3ccc(NS(C)(=O)=O)cc3)cc2)CC1)C(C)(C)C. The van der Waals surface area contributed by atoms with Crippen LogP contribution in [0.5, 0.6) is 11.5 Å². The third-order valence-electron chi connectivity index (χ3n) is 6.43. The van der Waals surface area contributed by atoms with Crippen LogP contribution < -0.4 is 14.8 Å². The predicted molar refractivity (Wildman–Crippen MR) is 150 cm³/mol. The van der Waals surface area contributed by atoms with Crippen molar-refractivity contribution in [3.05, 3.63) is 54.1 Å². The molecule has 204 valence electrons. The Kier molecular flexibility index (Phi) is 9.84. The van der Waals surface area contributed by atoms with Crippen LogP contribution in [0.25, 0.3) is 0 Å². The van der Waals surface area contributed by atoms with Crippen LogP contribution in [0.15, 0.2) is 48.5 Å². The van der Waals surface area contributed by atoms with E-state index in [-0.39, 0.29) is 17.6 Å². The molecule has 1 heterocycles. The van der Waals surface area contributed by atoms with E-state index >= 15 is 0 Å². The van der Waals surface area contributed by atoms with Crippen molar-refractivity contribution in [1.29, 1.82) is 0 Å². The summed E-state index contributed by atoms with van der Waals surface area (Å²) in [6.45, 7) is 12.0. The Balaban J connectivity index is 1.45. The normalized spacial score (nSPS) is 15.3. The Labute approximate surface area is 222 Å². The number of nitrogens with one attached hydrogen (secondary N) is 2. The minimum atomic E-state index is -3.30. The number of anilines is 1. The molecule has 1 saturated heterocycles. The van der Waals surface area contributed by atoms with Gasteiger partial charge in [0.25, 0.3) is 0 Å². The number of nitrogens with zero attached hydrogens (tertiary/aromatic N) is 2. The molecule has 2 aromatic carbocycles.